The topological polar surface area (TPSA) is 87.9 Å². The highest BCUT2D eigenvalue weighted by Gasteiger charge is 2.21. The molecule has 0 aromatic carbocycles. The summed E-state index contributed by atoms with van der Waals surface area (Å²) in [4.78, 5) is 27.0. The smallest absolute Gasteiger partial charge is 0.257 e. The highest BCUT2D eigenvalue weighted by molar-refractivity contribution is 7.13. The number of aromatic nitrogens is 3. The predicted molar refractivity (Wildman–Crippen MR) is 94.6 cm³/mol. The third-order valence-electron chi connectivity index (χ3n) is 4.13. The van der Waals surface area contributed by atoms with Crippen LogP contribution in [0.4, 0.5) is 5.95 Å². The Hall–Kier alpha value is -2.51. The number of hydrogen-bond acceptors (Lipinski definition) is 6. The van der Waals surface area contributed by atoms with Gasteiger partial charge >= 0.3 is 0 Å². The summed E-state index contributed by atoms with van der Waals surface area (Å²) in [6.07, 6.45) is 0.730. The van der Waals surface area contributed by atoms with E-state index >= 15 is 0 Å². The van der Waals surface area contributed by atoms with E-state index in [1.807, 2.05) is 24.3 Å². The number of thiophene rings is 1. The molecule has 1 aliphatic rings. The molecular formula is C17H17N5OS. The first-order chi connectivity index (χ1) is 11.7. The number of aromatic amines is 1. The maximum Gasteiger partial charge on any atom is 0.257 e. The van der Waals surface area contributed by atoms with Crippen LogP contribution in [0, 0.1) is 0 Å². The summed E-state index contributed by atoms with van der Waals surface area (Å²) >= 11 is 1.68. The maximum absolute atomic E-state index is 12.1. The molecule has 0 amide bonds. The average molecular weight is 339 g/mol. The molecule has 1 aliphatic heterocycles. The lowest BCUT2D eigenvalue weighted by Gasteiger charge is -2.27. The zero-order chi connectivity index (χ0) is 16.5. The molecule has 4 rings (SSSR count). The Morgan fingerprint density at radius 3 is 3.00 bits per heavy atom. The van der Waals surface area contributed by atoms with Crippen LogP contribution in [0.25, 0.3) is 10.6 Å². The summed E-state index contributed by atoms with van der Waals surface area (Å²) in [5, 5.41) is 2.05. The van der Waals surface area contributed by atoms with Crippen LogP contribution in [0.2, 0.25) is 0 Å². The number of rotatable bonds is 3. The van der Waals surface area contributed by atoms with Crippen molar-refractivity contribution in [1.82, 2.24) is 19.9 Å². The van der Waals surface area contributed by atoms with Crippen molar-refractivity contribution in [2.75, 3.05) is 12.3 Å². The number of pyridine rings is 1. The summed E-state index contributed by atoms with van der Waals surface area (Å²) in [7, 11) is 0. The quantitative estimate of drug-likeness (QED) is 0.762. The maximum atomic E-state index is 12.1. The molecule has 6 nitrogen and oxygen atoms in total. The lowest BCUT2D eigenvalue weighted by Crippen LogP contribution is -2.35. The second kappa shape index (κ2) is 6.18. The number of hydrogen-bond donors (Lipinski definition) is 2. The van der Waals surface area contributed by atoms with Gasteiger partial charge in [0.05, 0.1) is 27.5 Å². The molecule has 0 unspecified atom stereocenters. The van der Waals surface area contributed by atoms with Gasteiger partial charge in [-0.15, -0.1) is 11.3 Å². The molecule has 0 aliphatic carbocycles. The van der Waals surface area contributed by atoms with E-state index in [0.29, 0.717) is 18.7 Å². The zero-order valence-corrected chi connectivity index (χ0v) is 13.8. The second-order valence-corrected chi connectivity index (χ2v) is 6.78. The molecule has 0 spiro atoms. The molecule has 4 heterocycles. The van der Waals surface area contributed by atoms with Crippen LogP contribution in [0.1, 0.15) is 17.0 Å². The third kappa shape index (κ3) is 2.95. The van der Waals surface area contributed by atoms with E-state index in [-0.39, 0.29) is 11.5 Å². The minimum Gasteiger partial charge on any atom is -0.369 e. The van der Waals surface area contributed by atoms with Crippen LogP contribution in [0.15, 0.2) is 40.5 Å². The molecule has 0 atom stereocenters. The Kier molecular flexibility index (Phi) is 3.87. The van der Waals surface area contributed by atoms with Crippen LogP contribution in [0.5, 0.6) is 0 Å². The van der Waals surface area contributed by atoms with Crippen LogP contribution >= 0.6 is 11.3 Å². The summed E-state index contributed by atoms with van der Waals surface area (Å²) in [6, 6.07) is 10.2. The van der Waals surface area contributed by atoms with Crippen molar-refractivity contribution >= 4 is 17.3 Å². The first-order valence-corrected chi connectivity index (χ1v) is 8.67. The lowest BCUT2D eigenvalue weighted by molar-refractivity contribution is 0.239. The highest BCUT2D eigenvalue weighted by Crippen LogP contribution is 2.23. The highest BCUT2D eigenvalue weighted by atomic mass is 32.1. The van der Waals surface area contributed by atoms with Crippen LogP contribution in [-0.4, -0.2) is 26.4 Å². The van der Waals surface area contributed by atoms with Crippen LogP contribution in [-0.2, 0) is 19.5 Å². The SMILES string of the molecule is Nc1nc2c(c(=O)[nH]1)CN(Cc1cccc(-c3cccs3)n1)CC2. The Morgan fingerprint density at radius 1 is 1.25 bits per heavy atom. The first kappa shape index (κ1) is 15.0. The number of nitrogens with one attached hydrogen (secondary N) is 1. The van der Waals surface area contributed by atoms with Gasteiger partial charge in [0.25, 0.3) is 5.56 Å². The van der Waals surface area contributed by atoms with Gasteiger partial charge in [0.2, 0.25) is 5.95 Å². The summed E-state index contributed by atoms with van der Waals surface area (Å²) < 4.78 is 0. The normalized spacial score (nSPS) is 14.5. The molecule has 0 bridgehead atoms. The molecular weight excluding hydrogens is 322 g/mol. The lowest BCUT2D eigenvalue weighted by atomic mass is 10.1. The number of fused-ring (bicyclic) bond motifs is 1. The molecule has 3 N–H and O–H groups in total. The first-order valence-electron chi connectivity index (χ1n) is 7.79. The summed E-state index contributed by atoms with van der Waals surface area (Å²) in [6.45, 7) is 2.12. The number of nitrogens with zero attached hydrogens (tertiary/aromatic N) is 3. The van der Waals surface area contributed by atoms with E-state index in [1.165, 1.54) is 0 Å². The Bertz CT molecular complexity index is 919. The Labute approximate surface area is 143 Å². The van der Waals surface area contributed by atoms with Crippen molar-refractivity contribution in [3.05, 3.63) is 63.0 Å². The van der Waals surface area contributed by atoms with Gasteiger partial charge < -0.3 is 5.73 Å². The van der Waals surface area contributed by atoms with Gasteiger partial charge in [-0.3, -0.25) is 19.7 Å². The third-order valence-corrected chi connectivity index (χ3v) is 5.02. The van der Waals surface area contributed by atoms with Crippen molar-refractivity contribution in [3.8, 4) is 10.6 Å². The van der Waals surface area contributed by atoms with Crippen LogP contribution < -0.4 is 11.3 Å². The van der Waals surface area contributed by atoms with Crippen molar-refractivity contribution in [3.63, 3.8) is 0 Å². The van der Waals surface area contributed by atoms with Gasteiger partial charge in [-0.1, -0.05) is 12.1 Å². The van der Waals surface area contributed by atoms with E-state index in [0.717, 1.165) is 34.9 Å². The standard InChI is InChI=1S/C17H17N5OS/c18-17-20-13-6-7-22(10-12(13)16(23)21-17)9-11-3-1-4-14(19-11)15-5-2-8-24-15/h1-5,8H,6-7,9-10H2,(H3,18,20,21,23). The molecule has 0 saturated heterocycles. The van der Waals surface area contributed by atoms with Gasteiger partial charge in [0, 0.05) is 26.1 Å². The second-order valence-electron chi connectivity index (χ2n) is 5.83. The van der Waals surface area contributed by atoms with E-state index < -0.39 is 0 Å². The van der Waals surface area contributed by atoms with Gasteiger partial charge in [0.1, 0.15) is 0 Å². The predicted octanol–water partition coefficient (Wildman–Crippen LogP) is 2.03. The van der Waals surface area contributed by atoms with E-state index in [9.17, 15) is 4.79 Å². The molecule has 3 aromatic heterocycles. The monoisotopic (exact) mass is 339 g/mol. The fourth-order valence-corrected chi connectivity index (χ4v) is 3.69. The minimum absolute atomic E-state index is 0.137. The summed E-state index contributed by atoms with van der Waals surface area (Å²) in [5.74, 6) is 0.192. The van der Waals surface area contributed by atoms with Crippen molar-refractivity contribution in [2.45, 2.75) is 19.5 Å². The Balaban J connectivity index is 1.55. The van der Waals surface area contributed by atoms with E-state index in [1.54, 1.807) is 11.3 Å². The molecule has 122 valence electrons. The molecule has 0 fully saturated rings. The molecule has 7 heteroatoms. The number of nitrogens with two attached hydrogens (primary N) is 1. The van der Waals surface area contributed by atoms with Crippen molar-refractivity contribution < 1.29 is 0 Å². The van der Waals surface area contributed by atoms with Crippen molar-refractivity contribution in [1.29, 1.82) is 0 Å². The molecule has 0 radical (unpaired) electrons. The van der Waals surface area contributed by atoms with Crippen molar-refractivity contribution in [2.24, 2.45) is 0 Å². The number of nitrogen functional groups attached to an aromatic ring is 1. The number of H-pyrrole nitrogens is 1. The van der Waals surface area contributed by atoms with Gasteiger partial charge in [-0.25, -0.2) is 4.98 Å². The molecule has 24 heavy (non-hydrogen) atoms. The van der Waals surface area contributed by atoms with Gasteiger partial charge in [-0.2, -0.15) is 0 Å². The molecule has 0 saturated carbocycles. The number of anilines is 1. The zero-order valence-electron chi connectivity index (χ0n) is 13.0. The van der Waals surface area contributed by atoms with Crippen LogP contribution in [0.3, 0.4) is 0 Å². The fraction of sp³-hybridized carbons (Fsp3) is 0.235. The molecule has 3 aromatic rings. The largest absolute Gasteiger partial charge is 0.369 e. The minimum atomic E-state index is -0.137. The van der Waals surface area contributed by atoms with E-state index in [2.05, 4.69) is 26.3 Å². The van der Waals surface area contributed by atoms with E-state index in [4.69, 9.17) is 10.7 Å². The average Bonchev–Trinajstić information content (AvgIpc) is 3.10. The van der Waals surface area contributed by atoms with Gasteiger partial charge in [-0.05, 0) is 23.6 Å². The summed E-state index contributed by atoms with van der Waals surface area (Å²) in [5.41, 5.74) is 9.00. The van der Waals surface area contributed by atoms with Gasteiger partial charge in [0.15, 0.2) is 0 Å². The Morgan fingerprint density at radius 2 is 2.17 bits per heavy atom. The fourth-order valence-electron chi connectivity index (χ4n) is 2.99.